The second-order valence-electron chi connectivity index (χ2n) is 8.25. The minimum absolute atomic E-state index is 0.200. The van der Waals surface area contributed by atoms with Crippen LogP contribution >= 0.6 is 0 Å². The molecule has 2 aromatic heterocycles. The zero-order valence-corrected chi connectivity index (χ0v) is 17.9. The van der Waals surface area contributed by atoms with Crippen molar-refractivity contribution in [2.75, 3.05) is 23.7 Å². The van der Waals surface area contributed by atoms with E-state index in [4.69, 9.17) is 5.73 Å². The average Bonchev–Trinajstić information content (AvgIpc) is 3.20. The zero-order chi connectivity index (χ0) is 22.2. The van der Waals surface area contributed by atoms with Gasteiger partial charge in [-0.1, -0.05) is 12.1 Å². The number of anilines is 2. The van der Waals surface area contributed by atoms with Crippen LogP contribution in [0.5, 0.6) is 5.75 Å². The number of hydrogen-bond donors (Lipinski definition) is 3. The summed E-state index contributed by atoms with van der Waals surface area (Å²) in [6, 6.07) is 15.8. The van der Waals surface area contributed by atoms with Gasteiger partial charge in [0.1, 0.15) is 17.6 Å². The maximum atomic E-state index is 10.2. The molecular formula is C25H24N6O. The van der Waals surface area contributed by atoms with E-state index in [1.165, 1.54) is 24.9 Å². The van der Waals surface area contributed by atoms with Crippen molar-refractivity contribution >= 4 is 22.5 Å². The molecule has 4 aromatic rings. The van der Waals surface area contributed by atoms with Gasteiger partial charge in [-0.15, -0.1) is 0 Å². The molecule has 160 valence electrons. The molecular weight excluding hydrogens is 400 g/mol. The summed E-state index contributed by atoms with van der Waals surface area (Å²) in [4.78, 5) is 7.05. The van der Waals surface area contributed by atoms with Gasteiger partial charge in [0.15, 0.2) is 5.65 Å². The van der Waals surface area contributed by atoms with Gasteiger partial charge in [-0.3, -0.25) is 5.10 Å². The van der Waals surface area contributed by atoms with Gasteiger partial charge in [0, 0.05) is 29.9 Å². The third kappa shape index (κ3) is 3.30. The molecule has 0 bridgehead atoms. The molecule has 1 aliphatic rings. The highest BCUT2D eigenvalue weighted by molar-refractivity contribution is 6.04. The first-order chi connectivity index (χ1) is 15.6. The standard InChI is InChI=1S/C25H24N6O/c1-15-13-17(7-10-20(15)32)23-19(14-26)21(22-24(27)29-30-25(22)28-23)16-5-8-18(9-6-16)31-11-3-2-4-12-31/h5-10,13,32H,2-4,11-12H2,1H3,(H3,27,28,29,30). The molecule has 5 rings (SSSR count). The number of fused-ring (bicyclic) bond motifs is 1. The first-order valence-corrected chi connectivity index (χ1v) is 10.8. The number of hydrogen-bond acceptors (Lipinski definition) is 6. The van der Waals surface area contributed by atoms with Gasteiger partial charge in [-0.2, -0.15) is 10.4 Å². The van der Waals surface area contributed by atoms with E-state index in [9.17, 15) is 10.4 Å². The van der Waals surface area contributed by atoms with Gasteiger partial charge >= 0.3 is 0 Å². The summed E-state index contributed by atoms with van der Waals surface area (Å²) >= 11 is 0. The molecule has 0 radical (unpaired) electrons. The normalized spacial score (nSPS) is 13.9. The summed E-state index contributed by atoms with van der Waals surface area (Å²) < 4.78 is 0. The number of H-pyrrole nitrogens is 1. The number of nitrogens with two attached hydrogens (primary N) is 1. The van der Waals surface area contributed by atoms with Crippen LogP contribution in [0.3, 0.4) is 0 Å². The zero-order valence-electron chi connectivity index (χ0n) is 17.9. The van der Waals surface area contributed by atoms with E-state index in [1.807, 2.05) is 25.1 Å². The summed E-state index contributed by atoms with van der Waals surface area (Å²) in [6.07, 6.45) is 3.72. The average molecular weight is 425 g/mol. The van der Waals surface area contributed by atoms with Crippen LogP contribution in [0.1, 0.15) is 30.4 Å². The van der Waals surface area contributed by atoms with E-state index in [0.717, 1.165) is 29.8 Å². The summed E-state index contributed by atoms with van der Waals surface area (Å²) in [5.41, 5.74) is 11.9. The molecule has 1 aliphatic heterocycles. The molecule has 0 saturated carbocycles. The molecule has 2 aromatic carbocycles. The van der Waals surface area contributed by atoms with Crippen LogP contribution in [0, 0.1) is 18.3 Å². The number of aryl methyl sites for hydroxylation is 1. The highest BCUT2D eigenvalue weighted by atomic mass is 16.3. The first-order valence-electron chi connectivity index (χ1n) is 10.8. The molecule has 1 fully saturated rings. The second kappa shape index (κ2) is 7.89. The van der Waals surface area contributed by atoms with Crippen LogP contribution in [-0.4, -0.2) is 33.4 Å². The number of rotatable bonds is 3. The van der Waals surface area contributed by atoms with E-state index in [1.54, 1.807) is 12.1 Å². The Morgan fingerprint density at radius 1 is 1.06 bits per heavy atom. The largest absolute Gasteiger partial charge is 0.508 e. The number of aromatic nitrogens is 3. The van der Waals surface area contributed by atoms with Crippen LogP contribution in [-0.2, 0) is 0 Å². The molecule has 0 aliphatic carbocycles. The SMILES string of the molecule is Cc1cc(-c2nc3n[nH]c(N)c3c(-c3ccc(N4CCCCC4)cc3)c2C#N)ccc1O. The molecule has 7 heteroatoms. The van der Waals surface area contributed by atoms with Crippen molar-refractivity contribution in [3.63, 3.8) is 0 Å². The number of nitrogens with one attached hydrogen (secondary N) is 1. The number of nitrogens with zero attached hydrogens (tertiary/aromatic N) is 4. The molecule has 0 amide bonds. The fourth-order valence-corrected chi connectivity index (χ4v) is 4.48. The number of piperidine rings is 1. The summed E-state index contributed by atoms with van der Waals surface area (Å²) in [6.45, 7) is 3.96. The first kappa shape index (κ1) is 19.9. The van der Waals surface area contributed by atoms with Crippen molar-refractivity contribution in [3.05, 3.63) is 53.6 Å². The molecule has 7 nitrogen and oxygen atoms in total. The Labute approximate surface area is 186 Å². The van der Waals surface area contributed by atoms with Gasteiger partial charge in [-0.05, 0) is 67.6 Å². The number of nitrogen functional groups attached to an aromatic ring is 1. The van der Waals surface area contributed by atoms with Crippen molar-refractivity contribution < 1.29 is 5.11 Å². The van der Waals surface area contributed by atoms with Crippen molar-refractivity contribution in [3.8, 4) is 34.2 Å². The topological polar surface area (TPSA) is 115 Å². The Bertz CT molecular complexity index is 1340. The van der Waals surface area contributed by atoms with E-state index < -0.39 is 0 Å². The minimum atomic E-state index is 0.200. The second-order valence-corrected chi connectivity index (χ2v) is 8.25. The Balaban J connectivity index is 1.70. The number of phenols is 1. The maximum Gasteiger partial charge on any atom is 0.184 e. The maximum absolute atomic E-state index is 10.2. The number of aromatic amines is 1. The quantitative estimate of drug-likeness (QED) is 0.437. The van der Waals surface area contributed by atoms with Crippen LogP contribution in [0.25, 0.3) is 33.4 Å². The number of pyridine rings is 1. The van der Waals surface area contributed by atoms with Crippen molar-refractivity contribution in [1.29, 1.82) is 5.26 Å². The lowest BCUT2D eigenvalue weighted by Gasteiger charge is -2.29. The Morgan fingerprint density at radius 2 is 1.78 bits per heavy atom. The molecule has 0 atom stereocenters. The highest BCUT2D eigenvalue weighted by Gasteiger charge is 2.22. The molecule has 32 heavy (non-hydrogen) atoms. The van der Waals surface area contributed by atoms with Crippen LogP contribution in [0.15, 0.2) is 42.5 Å². The number of aromatic hydroxyl groups is 1. The fraction of sp³-hybridized carbons (Fsp3) is 0.240. The molecule has 0 unspecified atom stereocenters. The van der Waals surface area contributed by atoms with Gasteiger partial charge in [0.2, 0.25) is 0 Å². The molecule has 4 N–H and O–H groups in total. The third-order valence-corrected chi connectivity index (χ3v) is 6.19. The number of nitriles is 1. The van der Waals surface area contributed by atoms with Crippen molar-refractivity contribution in [1.82, 2.24) is 15.2 Å². The lowest BCUT2D eigenvalue weighted by Crippen LogP contribution is -2.29. The van der Waals surface area contributed by atoms with E-state index in [-0.39, 0.29) is 5.75 Å². The monoisotopic (exact) mass is 424 g/mol. The number of benzene rings is 2. The van der Waals surface area contributed by atoms with Crippen LogP contribution in [0.4, 0.5) is 11.5 Å². The minimum Gasteiger partial charge on any atom is -0.508 e. The van der Waals surface area contributed by atoms with Crippen LogP contribution < -0.4 is 10.6 Å². The predicted octanol–water partition coefficient (Wildman–Crippen LogP) is 4.75. The van der Waals surface area contributed by atoms with Gasteiger partial charge < -0.3 is 15.7 Å². The number of phenolic OH excluding ortho intramolecular Hbond substituents is 1. The lowest BCUT2D eigenvalue weighted by atomic mass is 9.93. The Kier molecular flexibility index (Phi) is 4.91. The summed E-state index contributed by atoms with van der Waals surface area (Å²) in [7, 11) is 0. The van der Waals surface area contributed by atoms with Crippen molar-refractivity contribution in [2.45, 2.75) is 26.2 Å². The Hall–Kier alpha value is -4.05. The smallest absolute Gasteiger partial charge is 0.184 e. The lowest BCUT2D eigenvalue weighted by molar-refractivity contribution is 0.471. The fourth-order valence-electron chi connectivity index (χ4n) is 4.48. The Morgan fingerprint density at radius 3 is 2.47 bits per heavy atom. The molecule has 0 spiro atoms. The van der Waals surface area contributed by atoms with Gasteiger partial charge in [0.25, 0.3) is 0 Å². The summed E-state index contributed by atoms with van der Waals surface area (Å²) in [5, 5.41) is 27.8. The third-order valence-electron chi connectivity index (χ3n) is 6.19. The summed E-state index contributed by atoms with van der Waals surface area (Å²) in [5.74, 6) is 0.582. The van der Waals surface area contributed by atoms with Gasteiger partial charge in [0.05, 0.1) is 16.6 Å². The van der Waals surface area contributed by atoms with Crippen LogP contribution in [0.2, 0.25) is 0 Å². The van der Waals surface area contributed by atoms with E-state index >= 15 is 0 Å². The predicted molar refractivity (Wildman–Crippen MR) is 126 cm³/mol. The molecule has 3 heterocycles. The van der Waals surface area contributed by atoms with E-state index in [0.29, 0.717) is 33.7 Å². The van der Waals surface area contributed by atoms with Crippen molar-refractivity contribution in [2.24, 2.45) is 0 Å². The van der Waals surface area contributed by atoms with Gasteiger partial charge in [-0.25, -0.2) is 4.98 Å². The highest BCUT2D eigenvalue weighted by Crippen LogP contribution is 2.39. The van der Waals surface area contributed by atoms with E-state index in [2.05, 4.69) is 38.3 Å². The molecule has 1 saturated heterocycles.